The molecule has 1 N–H and O–H groups in total. The van der Waals surface area contributed by atoms with Gasteiger partial charge >= 0.3 is 0 Å². The summed E-state index contributed by atoms with van der Waals surface area (Å²) in [6, 6.07) is 0. The number of nitrogens with zero attached hydrogens (tertiary/aromatic N) is 2. The van der Waals surface area contributed by atoms with Crippen molar-refractivity contribution in [2.24, 2.45) is 5.92 Å². The summed E-state index contributed by atoms with van der Waals surface area (Å²) >= 11 is 0. The lowest BCUT2D eigenvalue weighted by molar-refractivity contribution is 0.0246. The van der Waals surface area contributed by atoms with Gasteiger partial charge in [-0.1, -0.05) is 24.9 Å². The maximum atomic E-state index is 5.66. The number of morpholine rings is 1. The van der Waals surface area contributed by atoms with E-state index in [2.05, 4.69) is 22.4 Å². The Morgan fingerprint density at radius 2 is 2.11 bits per heavy atom. The van der Waals surface area contributed by atoms with E-state index in [9.17, 15) is 0 Å². The fourth-order valence-electron chi connectivity index (χ4n) is 2.98. The summed E-state index contributed by atoms with van der Waals surface area (Å²) in [5.74, 6) is 2.98. The van der Waals surface area contributed by atoms with Gasteiger partial charge in [0.25, 0.3) is 0 Å². The Morgan fingerprint density at radius 1 is 1.26 bits per heavy atom. The highest BCUT2D eigenvalue weighted by molar-refractivity contribution is 4.98. The summed E-state index contributed by atoms with van der Waals surface area (Å²) in [6.07, 6.45) is 5.86. The van der Waals surface area contributed by atoms with Gasteiger partial charge < -0.3 is 14.6 Å². The first kappa shape index (κ1) is 13.1. The third kappa shape index (κ3) is 3.34. The van der Waals surface area contributed by atoms with Gasteiger partial charge in [-0.25, -0.2) is 0 Å². The largest absolute Gasteiger partial charge is 0.375 e. The molecule has 1 atom stereocenters. The fraction of sp³-hybridized carbons (Fsp3) is 0.857. The van der Waals surface area contributed by atoms with Crippen molar-refractivity contribution in [2.45, 2.75) is 51.0 Å². The zero-order chi connectivity index (χ0) is 13.1. The Bertz CT molecular complexity index is 393. The minimum absolute atomic E-state index is 0.174. The Hall–Kier alpha value is -0.940. The molecule has 1 saturated carbocycles. The van der Waals surface area contributed by atoms with Gasteiger partial charge in [0.15, 0.2) is 5.82 Å². The maximum Gasteiger partial charge on any atom is 0.229 e. The molecule has 1 aliphatic carbocycles. The summed E-state index contributed by atoms with van der Waals surface area (Å²) in [5, 5.41) is 7.48. The van der Waals surface area contributed by atoms with E-state index in [-0.39, 0.29) is 6.10 Å². The summed E-state index contributed by atoms with van der Waals surface area (Å²) < 4.78 is 11.0. The summed E-state index contributed by atoms with van der Waals surface area (Å²) in [4.78, 5) is 4.57. The predicted octanol–water partition coefficient (Wildman–Crippen LogP) is 1.89. The molecule has 3 rings (SSSR count). The van der Waals surface area contributed by atoms with E-state index in [0.29, 0.717) is 5.92 Å². The van der Waals surface area contributed by atoms with Crippen LogP contribution in [0, 0.1) is 5.92 Å². The number of rotatable bonds is 3. The standard InChI is InChI=1S/C14H23N3O2/c1-10-2-4-11(5-3-10)14-16-13(19-17-14)8-12-9-15-6-7-18-12/h10-12,15H,2-9H2,1H3. The quantitative estimate of drug-likeness (QED) is 0.904. The van der Waals surface area contributed by atoms with Crippen LogP contribution in [0.2, 0.25) is 0 Å². The van der Waals surface area contributed by atoms with Crippen molar-refractivity contribution in [2.75, 3.05) is 19.7 Å². The number of aromatic nitrogens is 2. The van der Waals surface area contributed by atoms with Crippen LogP contribution >= 0.6 is 0 Å². The molecule has 106 valence electrons. The number of nitrogens with one attached hydrogen (secondary N) is 1. The van der Waals surface area contributed by atoms with E-state index >= 15 is 0 Å². The molecule has 2 fully saturated rings. The van der Waals surface area contributed by atoms with Gasteiger partial charge in [0.1, 0.15) is 0 Å². The molecule has 5 nitrogen and oxygen atoms in total. The topological polar surface area (TPSA) is 60.2 Å². The van der Waals surface area contributed by atoms with Gasteiger partial charge in [-0.3, -0.25) is 0 Å². The van der Waals surface area contributed by atoms with Gasteiger partial charge in [0, 0.05) is 19.0 Å². The molecule has 2 heterocycles. The van der Waals surface area contributed by atoms with E-state index in [0.717, 1.165) is 43.8 Å². The van der Waals surface area contributed by atoms with Crippen LogP contribution in [-0.2, 0) is 11.2 Å². The van der Waals surface area contributed by atoms with Crippen molar-refractivity contribution >= 4 is 0 Å². The van der Waals surface area contributed by atoms with Gasteiger partial charge in [0.05, 0.1) is 19.1 Å². The van der Waals surface area contributed by atoms with E-state index in [1.807, 2.05) is 0 Å². The molecule has 0 aromatic carbocycles. The molecule has 1 aromatic heterocycles. The first-order chi connectivity index (χ1) is 9.31. The predicted molar refractivity (Wildman–Crippen MR) is 71.0 cm³/mol. The average molecular weight is 265 g/mol. The van der Waals surface area contributed by atoms with Gasteiger partial charge in [-0.15, -0.1) is 0 Å². The molecular weight excluding hydrogens is 242 g/mol. The molecular formula is C14H23N3O2. The van der Waals surface area contributed by atoms with Crippen LogP contribution in [0.15, 0.2) is 4.52 Å². The average Bonchev–Trinajstić information content (AvgIpc) is 2.89. The number of hydrogen-bond donors (Lipinski definition) is 1. The first-order valence-corrected chi connectivity index (χ1v) is 7.46. The summed E-state index contributed by atoms with van der Waals surface area (Å²) in [7, 11) is 0. The molecule has 1 unspecified atom stereocenters. The molecule has 1 aliphatic heterocycles. The van der Waals surface area contributed by atoms with Crippen molar-refractivity contribution in [1.82, 2.24) is 15.5 Å². The highest BCUT2D eigenvalue weighted by Crippen LogP contribution is 2.34. The Labute approximate surface area is 114 Å². The maximum absolute atomic E-state index is 5.66. The van der Waals surface area contributed by atoms with Crippen LogP contribution in [0.4, 0.5) is 0 Å². The lowest BCUT2D eigenvalue weighted by atomic mass is 9.83. The van der Waals surface area contributed by atoms with Crippen LogP contribution in [0.3, 0.4) is 0 Å². The second-order valence-electron chi connectivity index (χ2n) is 5.90. The highest BCUT2D eigenvalue weighted by Gasteiger charge is 2.25. The van der Waals surface area contributed by atoms with E-state index in [4.69, 9.17) is 9.26 Å². The van der Waals surface area contributed by atoms with Gasteiger partial charge in [0.2, 0.25) is 5.89 Å². The van der Waals surface area contributed by atoms with Crippen LogP contribution in [-0.4, -0.2) is 35.9 Å². The zero-order valence-electron chi connectivity index (χ0n) is 11.6. The number of ether oxygens (including phenoxy) is 1. The van der Waals surface area contributed by atoms with Crippen molar-refractivity contribution in [3.8, 4) is 0 Å². The molecule has 2 aliphatic rings. The molecule has 0 spiro atoms. The fourth-order valence-corrected chi connectivity index (χ4v) is 2.98. The number of hydrogen-bond acceptors (Lipinski definition) is 5. The zero-order valence-corrected chi connectivity index (χ0v) is 11.6. The third-order valence-corrected chi connectivity index (χ3v) is 4.27. The molecule has 1 saturated heterocycles. The Kier molecular flexibility index (Phi) is 4.13. The van der Waals surface area contributed by atoms with Crippen molar-refractivity contribution in [3.63, 3.8) is 0 Å². The van der Waals surface area contributed by atoms with Crippen LogP contribution in [0.5, 0.6) is 0 Å². The first-order valence-electron chi connectivity index (χ1n) is 7.46. The molecule has 1 aromatic rings. The monoisotopic (exact) mass is 265 g/mol. The molecule has 19 heavy (non-hydrogen) atoms. The SMILES string of the molecule is CC1CCC(c2noc(CC3CNCCO3)n2)CC1. The molecule has 0 radical (unpaired) electrons. The normalized spacial score (nSPS) is 32.4. The minimum Gasteiger partial charge on any atom is -0.375 e. The second kappa shape index (κ2) is 6.01. The summed E-state index contributed by atoms with van der Waals surface area (Å²) in [5.41, 5.74) is 0. The van der Waals surface area contributed by atoms with Crippen LogP contribution < -0.4 is 5.32 Å². The summed E-state index contributed by atoms with van der Waals surface area (Å²) in [6.45, 7) is 4.90. The highest BCUT2D eigenvalue weighted by atomic mass is 16.5. The van der Waals surface area contributed by atoms with E-state index in [1.165, 1.54) is 25.7 Å². The molecule has 0 bridgehead atoms. The molecule has 5 heteroatoms. The smallest absolute Gasteiger partial charge is 0.229 e. The molecule has 0 amide bonds. The third-order valence-electron chi connectivity index (χ3n) is 4.27. The Balaban J connectivity index is 1.56. The lowest BCUT2D eigenvalue weighted by Gasteiger charge is -2.23. The van der Waals surface area contributed by atoms with Crippen molar-refractivity contribution < 1.29 is 9.26 Å². The second-order valence-corrected chi connectivity index (χ2v) is 5.90. The van der Waals surface area contributed by atoms with Gasteiger partial charge in [-0.2, -0.15) is 4.98 Å². The van der Waals surface area contributed by atoms with Crippen LogP contribution in [0.25, 0.3) is 0 Å². The van der Waals surface area contributed by atoms with Crippen LogP contribution in [0.1, 0.15) is 50.2 Å². The van der Waals surface area contributed by atoms with E-state index in [1.54, 1.807) is 0 Å². The lowest BCUT2D eigenvalue weighted by Crippen LogP contribution is -2.39. The van der Waals surface area contributed by atoms with E-state index < -0.39 is 0 Å². The van der Waals surface area contributed by atoms with Crippen molar-refractivity contribution in [3.05, 3.63) is 11.7 Å². The van der Waals surface area contributed by atoms with Crippen molar-refractivity contribution in [1.29, 1.82) is 0 Å². The van der Waals surface area contributed by atoms with Gasteiger partial charge in [-0.05, 0) is 18.8 Å². The minimum atomic E-state index is 0.174. The Morgan fingerprint density at radius 3 is 2.84 bits per heavy atom.